The van der Waals surface area contributed by atoms with E-state index in [9.17, 15) is 0 Å². The molecule has 0 saturated carbocycles. The van der Waals surface area contributed by atoms with Gasteiger partial charge in [0, 0.05) is 17.7 Å². The van der Waals surface area contributed by atoms with Crippen molar-refractivity contribution in [1.82, 2.24) is 5.32 Å². The first-order valence-corrected chi connectivity index (χ1v) is 7.75. The van der Waals surface area contributed by atoms with Crippen molar-refractivity contribution in [2.75, 3.05) is 13.2 Å². The first-order valence-electron chi connectivity index (χ1n) is 7.37. The number of halogens is 1. The maximum absolute atomic E-state index is 6.05. The van der Waals surface area contributed by atoms with E-state index in [1.807, 2.05) is 12.1 Å². The summed E-state index contributed by atoms with van der Waals surface area (Å²) >= 11 is 6.05. The van der Waals surface area contributed by atoms with E-state index in [4.69, 9.17) is 16.3 Å². The molecule has 1 fully saturated rings. The highest BCUT2D eigenvalue weighted by Crippen LogP contribution is 2.19. The van der Waals surface area contributed by atoms with Crippen molar-refractivity contribution in [1.29, 1.82) is 0 Å². The Morgan fingerprint density at radius 2 is 2.37 bits per heavy atom. The summed E-state index contributed by atoms with van der Waals surface area (Å²) in [6, 6.07) is 8.70. The molecule has 1 aliphatic rings. The topological polar surface area (TPSA) is 21.3 Å². The van der Waals surface area contributed by atoms with Crippen LogP contribution in [0.2, 0.25) is 5.02 Å². The molecule has 1 aromatic rings. The van der Waals surface area contributed by atoms with E-state index in [1.165, 1.54) is 24.8 Å². The van der Waals surface area contributed by atoms with Crippen molar-refractivity contribution in [2.24, 2.45) is 0 Å². The molecule has 19 heavy (non-hydrogen) atoms. The van der Waals surface area contributed by atoms with Gasteiger partial charge in [0.2, 0.25) is 0 Å². The second kappa shape index (κ2) is 7.88. The first kappa shape index (κ1) is 14.8. The van der Waals surface area contributed by atoms with Crippen molar-refractivity contribution in [3.8, 4) is 0 Å². The molecular weight excluding hydrogens is 258 g/mol. The zero-order chi connectivity index (χ0) is 13.5. The summed E-state index contributed by atoms with van der Waals surface area (Å²) in [6.45, 7) is 4.12. The van der Waals surface area contributed by atoms with Crippen LogP contribution in [0.15, 0.2) is 24.3 Å². The van der Waals surface area contributed by atoms with E-state index < -0.39 is 0 Å². The quantitative estimate of drug-likeness (QED) is 0.820. The number of nitrogens with one attached hydrogen (secondary N) is 1. The molecule has 1 heterocycles. The molecule has 1 N–H and O–H groups in total. The van der Waals surface area contributed by atoms with Gasteiger partial charge >= 0.3 is 0 Å². The van der Waals surface area contributed by atoms with Crippen LogP contribution in [0, 0.1) is 0 Å². The first-order chi connectivity index (χ1) is 9.28. The number of hydrogen-bond donors (Lipinski definition) is 1. The fraction of sp³-hybridized carbons (Fsp3) is 0.625. The molecule has 2 rings (SSSR count). The number of ether oxygens (including phenoxy) is 1. The molecule has 0 bridgehead atoms. The molecule has 1 aromatic carbocycles. The smallest absolute Gasteiger partial charge is 0.0576 e. The predicted molar refractivity (Wildman–Crippen MR) is 80.8 cm³/mol. The molecule has 1 saturated heterocycles. The number of benzene rings is 1. The summed E-state index contributed by atoms with van der Waals surface area (Å²) in [4.78, 5) is 0. The number of hydrogen-bond acceptors (Lipinski definition) is 2. The van der Waals surface area contributed by atoms with Crippen LogP contribution in [0.5, 0.6) is 0 Å². The monoisotopic (exact) mass is 281 g/mol. The van der Waals surface area contributed by atoms with Crippen molar-refractivity contribution in [3.63, 3.8) is 0 Å². The molecule has 2 unspecified atom stereocenters. The molecule has 2 nitrogen and oxygen atoms in total. The molecular formula is C16H24ClNO. The maximum atomic E-state index is 6.05. The Hall–Kier alpha value is -0.570. The third-order valence-corrected chi connectivity index (χ3v) is 3.96. The minimum Gasteiger partial charge on any atom is -0.378 e. The van der Waals surface area contributed by atoms with Crippen LogP contribution in [0.4, 0.5) is 0 Å². The maximum Gasteiger partial charge on any atom is 0.0576 e. The molecule has 0 aromatic heterocycles. The standard InChI is InChI=1S/C16H24ClNO/c1-2-18-15(8-9-16-7-4-10-19-16)12-13-5-3-6-14(17)11-13/h3,5-6,11,15-16,18H,2,4,7-10,12H2,1H3. The van der Waals surface area contributed by atoms with Gasteiger partial charge in [0.05, 0.1) is 6.10 Å². The van der Waals surface area contributed by atoms with Gasteiger partial charge in [-0.2, -0.15) is 0 Å². The van der Waals surface area contributed by atoms with Gasteiger partial charge in [-0.3, -0.25) is 0 Å². The van der Waals surface area contributed by atoms with Gasteiger partial charge < -0.3 is 10.1 Å². The Bertz CT molecular complexity index is 377. The van der Waals surface area contributed by atoms with Crippen molar-refractivity contribution in [2.45, 2.75) is 51.2 Å². The average molecular weight is 282 g/mol. The van der Waals surface area contributed by atoms with E-state index >= 15 is 0 Å². The lowest BCUT2D eigenvalue weighted by atomic mass is 9.99. The van der Waals surface area contributed by atoms with E-state index in [1.54, 1.807) is 0 Å². The van der Waals surface area contributed by atoms with E-state index in [-0.39, 0.29) is 0 Å². The molecule has 2 atom stereocenters. The highest BCUT2D eigenvalue weighted by Gasteiger charge is 2.17. The van der Waals surface area contributed by atoms with Gasteiger partial charge in [-0.05, 0) is 56.3 Å². The minimum absolute atomic E-state index is 0.487. The summed E-state index contributed by atoms with van der Waals surface area (Å²) in [5, 5.41) is 4.40. The summed E-state index contributed by atoms with van der Waals surface area (Å²) < 4.78 is 5.70. The third-order valence-electron chi connectivity index (χ3n) is 3.73. The second-order valence-electron chi connectivity index (χ2n) is 5.30. The average Bonchev–Trinajstić information content (AvgIpc) is 2.89. The van der Waals surface area contributed by atoms with Gasteiger partial charge in [-0.15, -0.1) is 0 Å². The lowest BCUT2D eigenvalue weighted by molar-refractivity contribution is 0.0996. The molecule has 0 radical (unpaired) electrons. The molecule has 0 aliphatic carbocycles. The second-order valence-corrected chi connectivity index (χ2v) is 5.74. The number of likely N-dealkylation sites (N-methyl/N-ethyl adjacent to an activating group) is 1. The SMILES string of the molecule is CCNC(CCC1CCCO1)Cc1cccc(Cl)c1. The zero-order valence-electron chi connectivity index (χ0n) is 11.7. The predicted octanol–water partition coefficient (Wildman–Crippen LogP) is 3.82. The fourth-order valence-corrected chi connectivity index (χ4v) is 2.99. The molecule has 0 amide bonds. The fourth-order valence-electron chi connectivity index (χ4n) is 2.77. The minimum atomic E-state index is 0.487. The molecule has 1 aliphatic heterocycles. The Morgan fingerprint density at radius 1 is 1.47 bits per heavy atom. The Labute approximate surface area is 121 Å². The van der Waals surface area contributed by atoms with Crippen LogP contribution in [0.25, 0.3) is 0 Å². The van der Waals surface area contributed by atoms with Crippen LogP contribution in [-0.4, -0.2) is 25.3 Å². The van der Waals surface area contributed by atoms with Gasteiger partial charge in [-0.25, -0.2) is 0 Å². The van der Waals surface area contributed by atoms with Crippen LogP contribution in [0.1, 0.15) is 38.2 Å². The van der Waals surface area contributed by atoms with Gasteiger partial charge in [0.15, 0.2) is 0 Å². The van der Waals surface area contributed by atoms with E-state index in [0.717, 1.165) is 31.0 Å². The Balaban J connectivity index is 1.84. The van der Waals surface area contributed by atoms with Crippen LogP contribution in [0.3, 0.4) is 0 Å². The highest BCUT2D eigenvalue weighted by atomic mass is 35.5. The van der Waals surface area contributed by atoms with Crippen LogP contribution in [-0.2, 0) is 11.2 Å². The summed E-state index contributed by atoms with van der Waals surface area (Å²) in [7, 11) is 0. The van der Waals surface area contributed by atoms with E-state index in [2.05, 4.69) is 24.4 Å². The van der Waals surface area contributed by atoms with Crippen molar-refractivity contribution < 1.29 is 4.74 Å². The van der Waals surface area contributed by atoms with E-state index in [0.29, 0.717) is 12.1 Å². The highest BCUT2D eigenvalue weighted by molar-refractivity contribution is 6.30. The normalized spacial score (nSPS) is 20.6. The Kier molecular flexibility index (Phi) is 6.15. The third kappa shape index (κ3) is 5.13. The zero-order valence-corrected chi connectivity index (χ0v) is 12.5. The summed E-state index contributed by atoms with van der Waals surface area (Å²) in [6.07, 6.45) is 6.33. The molecule has 0 spiro atoms. The van der Waals surface area contributed by atoms with Crippen LogP contribution < -0.4 is 5.32 Å². The van der Waals surface area contributed by atoms with Crippen molar-refractivity contribution in [3.05, 3.63) is 34.9 Å². The van der Waals surface area contributed by atoms with Gasteiger partial charge in [-0.1, -0.05) is 30.7 Å². The van der Waals surface area contributed by atoms with Gasteiger partial charge in [0.1, 0.15) is 0 Å². The van der Waals surface area contributed by atoms with Crippen molar-refractivity contribution >= 4 is 11.6 Å². The Morgan fingerprint density at radius 3 is 3.05 bits per heavy atom. The lowest BCUT2D eigenvalue weighted by Gasteiger charge is -2.20. The summed E-state index contributed by atoms with van der Waals surface area (Å²) in [5.74, 6) is 0. The van der Waals surface area contributed by atoms with Crippen LogP contribution >= 0.6 is 11.6 Å². The largest absolute Gasteiger partial charge is 0.378 e. The molecule has 3 heteroatoms. The molecule has 106 valence electrons. The summed E-state index contributed by atoms with van der Waals surface area (Å²) in [5.41, 5.74) is 1.31. The van der Waals surface area contributed by atoms with Gasteiger partial charge in [0.25, 0.3) is 0 Å². The lowest BCUT2D eigenvalue weighted by Crippen LogP contribution is -2.32. The number of rotatable bonds is 7.